The molecule has 1 unspecified atom stereocenters. The van der Waals surface area contributed by atoms with E-state index in [9.17, 15) is 4.39 Å². The summed E-state index contributed by atoms with van der Waals surface area (Å²) in [5, 5.41) is 16.0. The van der Waals surface area contributed by atoms with E-state index in [-0.39, 0.29) is 6.54 Å². The molecule has 1 aromatic heterocycles. The van der Waals surface area contributed by atoms with Gasteiger partial charge in [-0.3, -0.25) is 4.68 Å². The van der Waals surface area contributed by atoms with Gasteiger partial charge in [-0.05, 0) is 0 Å². The maximum atomic E-state index is 11.9. The van der Waals surface area contributed by atoms with E-state index in [1.807, 2.05) is 0 Å². The largest absolute Gasteiger partial charge is 0.389 e. The van der Waals surface area contributed by atoms with E-state index in [2.05, 4.69) is 10.4 Å². The molecule has 6 heteroatoms. The fraction of sp³-hybridized carbons (Fsp3) is 0.571. The summed E-state index contributed by atoms with van der Waals surface area (Å²) in [5.74, 6) is 0. The predicted molar refractivity (Wildman–Crippen MR) is 48.7 cm³/mol. The maximum absolute atomic E-state index is 11.9. The molecule has 1 aromatic rings. The zero-order chi connectivity index (χ0) is 9.84. The summed E-state index contributed by atoms with van der Waals surface area (Å²) in [6, 6.07) is 0. The van der Waals surface area contributed by atoms with Crippen molar-refractivity contribution in [2.75, 3.05) is 18.5 Å². The molecule has 4 nitrogen and oxygen atoms in total. The Hall–Kier alpha value is -0.810. The van der Waals surface area contributed by atoms with E-state index in [1.165, 1.54) is 10.9 Å². The Morgan fingerprint density at radius 2 is 2.54 bits per heavy atom. The first-order chi connectivity index (χ1) is 6.15. The number of hydrogen-bond donors (Lipinski definition) is 2. The van der Waals surface area contributed by atoms with Crippen molar-refractivity contribution in [1.29, 1.82) is 0 Å². The molecule has 0 amide bonds. The van der Waals surface area contributed by atoms with Crippen LogP contribution in [0.1, 0.15) is 0 Å². The van der Waals surface area contributed by atoms with Gasteiger partial charge in [-0.2, -0.15) is 5.10 Å². The molecule has 1 rings (SSSR count). The molecular weight excluding hydrogens is 197 g/mol. The van der Waals surface area contributed by atoms with Crippen molar-refractivity contribution in [3.63, 3.8) is 0 Å². The predicted octanol–water partition coefficient (Wildman–Crippen LogP) is 0.816. The molecule has 0 saturated carbocycles. The van der Waals surface area contributed by atoms with Crippen LogP contribution in [0.15, 0.2) is 6.20 Å². The van der Waals surface area contributed by atoms with Crippen LogP contribution in [0.4, 0.5) is 10.1 Å². The Morgan fingerprint density at radius 3 is 3.00 bits per heavy atom. The van der Waals surface area contributed by atoms with E-state index in [1.54, 1.807) is 7.05 Å². The fourth-order valence-electron chi connectivity index (χ4n) is 0.824. The van der Waals surface area contributed by atoms with Crippen LogP contribution in [0.5, 0.6) is 0 Å². The molecule has 2 N–H and O–H groups in total. The van der Waals surface area contributed by atoms with E-state index in [0.29, 0.717) is 10.8 Å². The van der Waals surface area contributed by atoms with Crippen molar-refractivity contribution >= 4 is 17.3 Å². The number of halogens is 2. The zero-order valence-electron chi connectivity index (χ0n) is 7.17. The van der Waals surface area contributed by atoms with Gasteiger partial charge >= 0.3 is 0 Å². The van der Waals surface area contributed by atoms with Crippen LogP contribution in [0.3, 0.4) is 0 Å². The third-order valence-electron chi connectivity index (χ3n) is 1.57. The number of rotatable bonds is 4. The first kappa shape index (κ1) is 10.3. The van der Waals surface area contributed by atoms with Crippen LogP contribution < -0.4 is 5.32 Å². The van der Waals surface area contributed by atoms with E-state index < -0.39 is 12.8 Å². The summed E-state index contributed by atoms with van der Waals surface area (Å²) in [5.41, 5.74) is 0.594. The highest BCUT2D eigenvalue weighted by Crippen LogP contribution is 2.19. The van der Waals surface area contributed by atoms with Crippen LogP contribution in [0.2, 0.25) is 5.15 Å². The van der Waals surface area contributed by atoms with Gasteiger partial charge in [-0.25, -0.2) is 4.39 Å². The van der Waals surface area contributed by atoms with Gasteiger partial charge < -0.3 is 10.4 Å². The highest BCUT2D eigenvalue weighted by atomic mass is 35.5. The molecule has 0 aliphatic heterocycles. The van der Waals surface area contributed by atoms with Gasteiger partial charge in [-0.15, -0.1) is 0 Å². The summed E-state index contributed by atoms with van der Waals surface area (Å²) in [6.07, 6.45) is 0.518. The Kier molecular flexibility index (Phi) is 3.50. The Bertz CT molecular complexity index is 279. The van der Waals surface area contributed by atoms with Crippen LogP contribution in [-0.2, 0) is 7.05 Å². The maximum Gasteiger partial charge on any atom is 0.149 e. The third-order valence-corrected chi connectivity index (χ3v) is 2.02. The monoisotopic (exact) mass is 207 g/mol. The zero-order valence-corrected chi connectivity index (χ0v) is 7.92. The molecular formula is C7H11ClFN3O. The lowest BCUT2D eigenvalue weighted by Gasteiger charge is -2.07. The van der Waals surface area contributed by atoms with Gasteiger partial charge in [0.05, 0.1) is 18.0 Å². The van der Waals surface area contributed by atoms with E-state index in [4.69, 9.17) is 16.7 Å². The molecule has 74 valence electrons. The molecule has 1 atom stereocenters. The van der Waals surface area contributed by atoms with Crippen molar-refractivity contribution in [2.24, 2.45) is 7.05 Å². The summed E-state index contributed by atoms with van der Waals surface area (Å²) >= 11 is 5.80. The van der Waals surface area contributed by atoms with Gasteiger partial charge in [0.15, 0.2) is 0 Å². The first-order valence-corrected chi connectivity index (χ1v) is 4.18. The summed E-state index contributed by atoms with van der Waals surface area (Å²) in [7, 11) is 1.69. The average molecular weight is 208 g/mol. The van der Waals surface area contributed by atoms with Crippen LogP contribution in [0.25, 0.3) is 0 Å². The van der Waals surface area contributed by atoms with Gasteiger partial charge in [0.1, 0.15) is 11.8 Å². The number of aliphatic hydroxyl groups is 1. The highest BCUT2D eigenvalue weighted by Gasteiger charge is 2.07. The second-order valence-corrected chi connectivity index (χ2v) is 3.02. The van der Waals surface area contributed by atoms with Crippen molar-refractivity contribution < 1.29 is 9.50 Å². The molecule has 0 saturated heterocycles. The Morgan fingerprint density at radius 1 is 1.85 bits per heavy atom. The molecule has 0 aliphatic rings. The van der Waals surface area contributed by atoms with Crippen LogP contribution in [-0.4, -0.2) is 34.2 Å². The highest BCUT2D eigenvalue weighted by molar-refractivity contribution is 6.32. The number of aromatic nitrogens is 2. The molecule has 0 bridgehead atoms. The molecule has 1 heterocycles. The molecule has 0 radical (unpaired) electrons. The van der Waals surface area contributed by atoms with Crippen LogP contribution >= 0.6 is 11.6 Å². The number of anilines is 1. The first-order valence-electron chi connectivity index (χ1n) is 3.80. The molecule has 0 aromatic carbocycles. The number of alkyl halides is 1. The number of aliphatic hydroxyl groups excluding tert-OH is 1. The van der Waals surface area contributed by atoms with Gasteiger partial charge in [0.25, 0.3) is 0 Å². The van der Waals surface area contributed by atoms with E-state index in [0.717, 1.165) is 0 Å². The lowest BCUT2D eigenvalue weighted by atomic mass is 10.4. The molecule has 0 spiro atoms. The number of hydrogen-bond acceptors (Lipinski definition) is 3. The minimum absolute atomic E-state index is 0.127. The molecule has 13 heavy (non-hydrogen) atoms. The fourth-order valence-corrected chi connectivity index (χ4v) is 0.983. The Labute approximate surface area is 80.3 Å². The number of nitrogens with zero attached hydrogens (tertiary/aromatic N) is 2. The normalized spacial score (nSPS) is 12.9. The van der Waals surface area contributed by atoms with Crippen molar-refractivity contribution in [3.8, 4) is 0 Å². The minimum atomic E-state index is -1.00. The molecule has 0 fully saturated rings. The third kappa shape index (κ3) is 2.57. The standard InChI is InChI=1S/C7H11ClFN3O/c1-12-7(8)6(4-11-12)10-3-5(13)2-9/h4-5,10,13H,2-3H2,1H3. The number of nitrogens with one attached hydrogen (secondary N) is 1. The minimum Gasteiger partial charge on any atom is -0.389 e. The average Bonchev–Trinajstić information content (AvgIpc) is 2.44. The Balaban J connectivity index is 2.50. The van der Waals surface area contributed by atoms with Crippen molar-refractivity contribution in [1.82, 2.24) is 9.78 Å². The molecule has 0 aliphatic carbocycles. The SMILES string of the molecule is Cn1ncc(NCC(O)CF)c1Cl. The van der Waals surface area contributed by atoms with Crippen LogP contribution in [0, 0.1) is 0 Å². The quantitative estimate of drug-likeness (QED) is 0.769. The topological polar surface area (TPSA) is 50.1 Å². The van der Waals surface area contributed by atoms with Gasteiger partial charge in [0, 0.05) is 13.6 Å². The van der Waals surface area contributed by atoms with Crippen molar-refractivity contribution in [3.05, 3.63) is 11.3 Å². The van der Waals surface area contributed by atoms with E-state index >= 15 is 0 Å². The second-order valence-electron chi connectivity index (χ2n) is 2.66. The van der Waals surface area contributed by atoms with Crippen molar-refractivity contribution in [2.45, 2.75) is 6.10 Å². The smallest absolute Gasteiger partial charge is 0.149 e. The summed E-state index contributed by atoms with van der Waals surface area (Å²) in [4.78, 5) is 0. The lowest BCUT2D eigenvalue weighted by molar-refractivity contribution is 0.151. The lowest BCUT2D eigenvalue weighted by Crippen LogP contribution is -2.21. The second kappa shape index (κ2) is 4.43. The van der Waals surface area contributed by atoms with Gasteiger partial charge in [0.2, 0.25) is 0 Å². The number of aryl methyl sites for hydroxylation is 1. The summed E-state index contributed by atoms with van der Waals surface area (Å²) in [6.45, 7) is -0.646. The van der Waals surface area contributed by atoms with Gasteiger partial charge in [-0.1, -0.05) is 11.6 Å². The summed E-state index contributed by atoms with van der Waals surface area (Å²) < 4.78 is 13.3.